The number of hydrogen-bond donors (Lipinski definition) is 3. The van der Waals surface area contributed by atoms with E-state index in [4.69, 9.17) is 5.73 Å². The van der Waals surface area contributed by atoms with Crippen LogP contribution in [0.25, 0.3) is 22.1 Å². The second-order valence-corrected chi connectivity index (χ2v) is 7.46. The SMILES string of the molecule is CC(Sc1nnc2c(n1)[nH]c1ccccc12)C(=O)Nc1ccc(C(N)=O)cc1. The smallest absolute Gasteiger partial charge is 0.248 e. The maximum atomic E-state index is 12.4. The number of para-hydroxylation sites is 1. The first kappa shape index (κ1) is 17.9. The number of carbonyl (C=O) groups is 2. The molecule has 4 aromatic rings. The lowest BCUT2D eigenvalue weighted by Gasteiger charge is -2.11. The predicted molar refractivity (Wildman–Crippen MR) is 108 cm³/mol. The molecule has 0 saturated heterocycles. The van der Waals surface area contributed by atoms with Crippen LogP contribution in [0.1, 0.15) is 17.3 Å². The highest BCUT2D eigenvalue weighted by atomic mass is 32.2. The molecule has 28 heavy (non-hydrogen) atoms. The first-order valence-corrected chi connectivity index (χ1v) is 9.38. The molecule has 0 aliphatic carbocycles. The van der Waals surface area contributed by atoms with Gasteiger partial charge in [0.1, 0.15) is 5.52 Å². The molecule has 0 aliphatic rings. The Labute approximate surface area is 163 Å². The molecule has 1 unspecified atom stereocenters. The molecule has 0 aliphatic heterocycles. The number of thioether (sulfide) groups is 1. The molecular formula is C19H16N6O2S. The summed E-state index contributed by atoms with van der Waals surface area (Å²) in [4.78, 5) is 31.2. The number of hydrogen-bond acceptors (Lipinski definition) is 6. The number of rotatable bonds is 5. The minimum Gasteiger partial charge on any atom is -0.366 e. The number of primary amides is 1. The monoisotopic (exact) mass is 392 g/mol. The number of carbonyl (C=O) groups excluding carboxylic acids is 2. The van der Waals surface area contributed by atoms with E-state index >= 15 is 0 Å². The maximum Gasteiger partial charge on any atom is 0.248 e. The number of nitrogens with zero attached hydrogens (tertiary/aromatic N) is 3. The highest BCUT2D eigenvalue weighted by Gasteiger charge is 2.18. The summed E-state index contributed by atoms with van der Waals surface area (Å²) in [6, 6.07) is 14.2. The van der Waals surface area contributed by atoms with Crippen molar-refractivity contribution in [3.05, 3.63) is 54.1 Å². The molecule has 9 heteroatoms. The van der Waals surface area contributed by atoms with Crippen molar-refractivity contribution in [2.24, 2.45) is 5.73 Å². The van der Waals surface area contributed by atoms with Gasteiger partial charge in [0.15, 0.2) is 5.65 Å². The molecule has 0 spiro atoms. The molecule has 1 atom stereocenters. The number of anilines is 1. The van der Waals surface area contributed by atoms with E-state index in [1.807, 2.05) is 24.3 Å². The molecular weight excluding hydrogens is 376 g/mol. The van der Waals surface area contributed by atoms with Gasteiger partial charge in [-0.3, -0.25) is 9.59 Å². The van der Waals surface area contributed by atoms with E-state index in [0.29, 0.717) is 27.6 Å². The van der Waals surface area contributed by atoms with Gasteiger partial charge >= 0.3 is 0 Å². The number of aromatic nitrogens is 4. The first-order valence-electron chi connectivity index (χ1n) is 8.50. The van der Waals surface area contributed by atoms with Gasteiger partial charge in [-0.05, 0) is 37.3 Å². The number of H-pyrrole nitrogens is 1. The van der Waals surface area contributed by atoms with Crippen molar-refractivity contribution in [2.75, 3.05) is 5.32 Å². The van der Waals surface area contributed by atoms with Crippen LogP contribution in [0, 0.1) is 0 Å². The van der Waals surface area contributed by atoms with Crippen LogP contribution in [0.3, 0.4) is 0 Å². The minimum atomic E-state index is -0.515. The molecule has 0 fully saturated rings. The fourth-order valence-electron chi connectivity index (χ4n) is 2.73. The lowest BCUT2D eigenvalue weighted by Crippen LogP contribution is -2.22. The Morgan fingerprint density at radius 2 is 1.86 bits per heavy atom. The molecule has 8 nitrogen and oxygen atoms in total. The Bertz CT molecular complexity index is 1190. The van der Waals surface area contributed by atoms with Crippen molar-refractivity contribution in [3.63, 3.8) is 0 Å². The molecule has 0 bridgehead atoms. The number of fused-ring (bicyclic) bond motifs is 3. The highest BCUT2D eigenvalue weighted by molar-refractivity contribution is 8.00. The summed E-state index contributed by atoms with van der Waals surface area (Å²) in [5.74, 6) is -0.726. The quantitative estimate of drug-likeness (QED) is 0.448. The Morgan fingerprint density at radius 3 is 2.61 bits per heavy atom. The fourth-order valence-corrected chi connectivity index (χ4v) is 3.44. The molecule has 2 heterocycles. The van der Waals surface area contributed by atoms with Crippen LogP contribution in [0.5, 0.6) is 0 Å². The van der Waals surface area contributed by atoms with Crippen molar-refractivity contribution in [1.29, 1.82) is 0 Å². The molecule has 4 rings (SSSR count). The van der Waals surface area contributed by atoms with Crippen LogP contribution < -0.4 is 11.1 Å². The van der Waals surface area contributed by atoms with Crippen molar-refractivity contribution < 1.29 is 9.59 Å². The number of aromatic amines is 1. The van der Waals surface area contributed by atoms with E-state index in [9.17, 15) is 9.59 Å². The average molecular weight is 392 g/mol. The van der Waals surface area contributed by atoms with Gasteiger partial charge < -0.3 is 16.0 Å². The van der Waals surface area contributed by atoms with Gasteiger partial charge in [0.05, 0.1) is 5.25 Å². The minimum absolute atomic E-state index is 0.211. The zero-order valence-corrected chi connectivity index (χ0v) is 15.7. The Hall–Kier alpha value is -3.46. The normalized spacial score (nSPS) is 12.2. The highest BCUT2D eigenvalue weighted by Crippen LogP contribution is 2.25. The van der Waals surface area contributed by atoms with E-state index in [1.54, 1.807) is 31.2 Å². The van der Waals surface area contributed by atoms with Crippen LogP contribution in [0.4, 0.5) is 5.69 Å². The van der Waals surface area contributed by atoms with Crippen LogP contribution in [-0.4, -0.2) is 37.2 Å². The summed E-state index contributed by atoms with van der Waals surface area (Å²) in [7, 11) is 0. The van der Waals surface area contributed by atoms with Crippen molar-refractivity contribution >= 4 is 51.3 Å². The third kappa shape index (κ3) is 3.52. The van der Waals surface area contributed by atoms with Crippen molar-refractivity contribution in [1.82, 2.24) is 20.2 Å². The van der Waals surface area contributed by atoms with E-state index in [0.717, 1.165) is 10.9 Å². The molecule has 4 N–H and O–H groups in total. The van der Waals surface area contributed by atoms with Crippen LogP contribution in [-0.2, 0) is 4.79 Å². The fraction of sp³-hybridized carbons (Fsp3) is 0.105. The van der Waals surface area contributed by atoms with Gasteiger partial charge in [0, 0.05) is 22.2 Å². The van der Waals surface area contributed by atoms with E-state index in [1.165, 1.54) is 11.8 Å². The van der Waals surface area contributed by atoms with Gasteiger partial charge in [-0.2, -0.15) is 0 Å². The van der Waals surface area contributed by atoms with Crippen LogP contribution in [0.2, 0.25) is 0 Å². The number of nitrogens with one attached hydrogen (secondary N) is 2. The molecule has 2 amide bonds. The topological polar surface area (TPSA) is 127 Å². The molecule has 2 aromatic carbocycles. The lowest BCUT2D eigenvalue weighted by molar-refractivity contribution is -0.115. The maximum absolute atomic E-state index is 12.4. The molecule has 2 aromatic heterocycles. The van der Waals surface area contributed by atoms with Crippen LogP contribution >= 0.6 is 11.8 Å². The Kier molecular flexibility index (Phi) is 4.66. The number of benzene rings is 2. The van der Waals surface area contributed by atoms with E-state index in [-0.39, 0.29) is 5.91 Å². The zero-order valence-electron chi connectivity index (χ0n) is 14.8. The Balaban J connectivity index is 1.47. The second kappa shape index (κ2) is 7.28. The summed E-state index contributed by atoms with van der Waals surface area (Å²) in [5, 5.41) is 12.1. The molecule has 140 valence electrons. The first-order chi connectivity index (χ1) is 13.5. The van der Waals surface area contributed by atoms with Crippen LogP contribution in [0.15, 0.2) is 53.7 Å². The molecule has 0 radical (unpaired) electrons. The predicted octanol–water partition coefficient (Wildman–Crippen LogP) is 2.72. The van der Waals surface area contributed by atoms with E-state index in [2.05, 4.69) is 25.5 Å². The van der Waals surface area contributed by atoms with Gasteiger partial charge in [-0.15, -0.1) is 10.2 Å². The zero-order chi connectivity index (χ0) is 19.7. The third-order valence-corrected chi connectivity index (χ3v) is 5.14. The summed E-state index contributed by atoms with van der Waals surface area (Å²) < 4.78 is 0. The van der Waals surface area contributed by atoms with E-state index < -0.39 is 11.2 Å². The van der Waals surface area contributed by atoms with Gasteiger partial charge in [0.2, 0.25) is 17.0 Å². The standard InChI is InChI=1S/C19H16N6O2S/c1-10(18(27)21-12-8-6-11(7-9-12)16(20)26)28-19-23-17-15(24-25-19)13-4-2-3-5-14(13)22-17/h2-10H,1H3,(H2,20,26)(H,21,27)(H,22,23,25). The summed E-state index contributed by atoms with van der Waals surface area (Å²) in [5.41, 5.74) is 8.44. The number of nitrogens with two attached hydrogens (primary N) is 1. The van der Waals surface area contributed by atoms with Crippen molar-refractivity contribution in [3.8, 4) is 0 Å². The average Bonchev–Trinajstić information content (AvgIpc) is 3.06. The third-order valence-electron chi connectivity index (χ3n) is 4.19. The van der Waals surface area contributed by atoms with Gasteiger partial charge in [-0.1, -0.05) is 30.0 Å². The number of amides is 2. The summed E-state index contributed by atoms with van der Waals surface area (Å²) >= 11 is 1.21. The van der Waals surface area contributed by atoms with Gasteiger partial charge in [-0.25, -0.2) is 4.98 Å². The summed E-state index contributed by atoms with van der Waals surface area (Å²) in [6.07, 6.45) is 0. The lowest BCUT2D eigenvalue weighted by atomic mass is 10.2. The van der Waals surface area contributed by atoms with Gasteiger partial charge in [0.25, 0.3) is 0 Å². The van der Waals surface area contributed by atoms with Crippen molar-refractivity contribution in [2.45, 2.75) is 17.3 Å². The summed E-state index contributed by atoms with van der Waals surface area (Å²) in [6.45, 7) is 1.76. The second-order valence-electron chi connectivity index (χ2n) is 6.15. The Morgan fingerprint density at radius 1 is 1.11 bits per heavy atom. The largest absolute Gasteiger partial charge is 0.366 e. The molecule has 0 saturated carbocycles.